The molecule has 2 N–H and O–H groups in total. The fourth-order valence-electron chi connectivity index (χ4n) is 3.97. The SMILES string of the molecule is COc1cccc2c(-c3ccccc3)c(C(=O)NN=Cc3cc(Br)cc(Br)c3OC(=O)c3ccco3)[nH]c12. The van der Waals surface area contributed by atoms with Crippen molar-refractivity contribution in [3.05, 3.63) is 105 Å². The molecule has 0 atom stereocenters. The van der Waals surface area contributed by atoms with Gasteiger partial charge in [-0.3, -0.25) is 4.79 Å². The molecule has 5 rings (SSSR count). The van der Waals surface area contributed by atoms with Crippen molar-refractivity contribution in [2.75, 3.05) is 7.11 Å². The Morgan fingerprint density at radius 2 is 1.84 bits per heavy atom. The third-order valence-corrected chi connectivity index (χ3v) is 6.68. The zero-order valence-electron chi connectivity index (χ0n) is 19.8. The fourth-order valence-corrected chi connectivity index (χ4v) is 5.31. The molecule has 0 saturated carbocycles. The number of methoxy groups -OCH3 is 1. The summed E-state index contributed by atoms with van der Waals surface area (Å²) in [6.07, 6.45) is 2.78. The van der Waals surface area contributed by atoms with Gasteiger partial charge >= 0.3 is 5.97 Å². The molecular weight excluding hydrogens is 618 g/mol. The van der Waals surface area contributed by atoms with Gasteiger partial charge in [-0.2, -0.15) is 5.10 Å². The number of amides is 1. The standard InChI is InChI=1S/C28H19Br2N3O5/c1-36-21-10-5-9-19-23(16-7-3-2-4-8-16)25(32-24(19)21)27(34)33-31-15-17-13-18(29)14-20(30)26(17)38-28(35)22-11-6-12-37-22/h2-15,32H,1H3,(H,33,34). The number of H-pyrrole nitrogens is 1. The molecule has 2 aromatic heterocycles. The van der Waals surface area contributed by atoms with Crippen LogP contribution in [0.1, 0.15) is 26.6 Å². The Labute approximate surface area is 233 Å². The number of aromatic amines is 1. The maximum atomic E-state index is 13.3. The van der Waals surface area contributed by atoms with Crippen LogP contribution in [-0.2, 0) is 0 Å². The van der Waals surface area contributed by atoms with E-state index >= 15 is 0 Å². The molecule has 0 radical (unpaired) electrons. The number of para-hydroxylation sites is 1. The van der Waals surface area contributed by atoms with E-state index in [0.717, 1.165) is 16.5 Å². The molecule has 0 bridgehead atoms. The molecule has 10 heteroatoms. The predicted octanol–water partition coefficient (Wildman–Crippen LogP) is 6.94. The Morgan fingerprint density at radius 1 is 1.03 bits per heavy atom. The number of hydrogen-bond acceptors (Lipinski definition) is 6. The van der Waals surface area contributed by atoms with Crippen molar-refractivity contribution in [1.29, 1.82) is 0 Å². The van der Waals surface area contributed by atoms with Crippen molar-refractivity contribution in [3.8, 4) is 22.6 Å². The van der Waals surface area contributed by atoms with Crippen LogP contribution < -0.4 is 14.9 Å². The summed E-state index contributed by atoms with van der Waals surface area (Å²) < 4.78 is 17.4. The number of rotatable bonds is 7. The maximum absolute atomic E-state index is 13.3. The van der Waals surface area contributed by atoms with Crippen LogP contribution in [-0.4, -0.2) is 30.2 Å². The number of ether oxygens (including phenoxy) is 2. The number of carbonyl (C=O) groups is 2. The average molecular weight is 637 g/mol. The van der Waals surface area contributed by atoms with E-state index in [1.807, 2.05) is 48.5 Å². The summed E-state index contributed by atoms with van der Waals surface area (Å²) in [4.78, 5) is 29.0. The van der Waals surface area contributed by atoms with Crippen LogP contribution in [0.2, 0.25) is 0 Å². The topological polar surface area (TPSA) is 106 Å². The summed E-state index contributed by atoms with van der Waals surface area (Å²) >= 11 is 6.84. The van der Waals surface area contributed by atoms with Gasteiger partial charge in [-0.15, -0.1) is 0 Å². The first kappa shape index (κ1) is 25.5. The second-order valence-electron chi connectivity index (χ2n) is 8.00. The zero-order chi connectivity index (χ0) is 26.6. The highest BCUT2D eigenvalue weighted by Gasteiger charge is 2.21. The Hall–Kier alpha value is -4.15. The molecule has 0 fully saturated rings. The number of hydrazone groups is 1. The minimum Gasteiger partial charge on any atom is -0.495 e. The molecule has 0 spiro atoms. The lowest BCUT2D eigenvalue weighted by Crippen LogP contribution is -2.19. The van der Waals surface area contributed by atoms with Gasteiger partial charge in [0, 0.05) is 21.0 Å². The summed E-state index contributed by atoms with van der Waals surface area (Å²) in [5.41, 5.74) is 5.63. The van der Waals surface area contributed by atoms with Crippen molar-refractivity contribution < 1.29 is 23.5 Å². The minimum absolute atomic E-state index is 0.0543. The molecule has 190 valence electrons. The van der Waals surface area contributed by atoms with Crippen LogP contribution in [0.3, 0.4) is 0 Å². The van der Waals surface area contributed by atoms with Crippen molar-refractivity contribution in [2.45, 2.75) is 0 Å². The van der Waals surface area contributed by atoms with E-state index in [1.54, 1.807) is 25.3 Å². The highest BCUT2D eigenvalue weighted by Crippen LogP contribution is 2.36. The third-order valence-electron chi connectivity index (χ3n) is 5.63. The molecule has 0 saturated heterocycles. The predicted molar refractivity (Wildman–Crippen MR) is 151 cm³/mol. The van der Waals surface area contributed by atoms with Gasteiger partial charge in [0.25, 0.3) is 5.91 Å². The second kappa shape index (κ2) is 11.1. The van der Waals surface area contributed by atoms with Crippen LogP contribution in [0.25, 0.3) is 22.0 Å². The van der Waals surface area contributed by atoms with Gasteiger partial charge in [0.05, 0.1) is 29.6 Å². The summed E-state index contributed by atoms with van der Waals surface area (Å²) in [5.74, 6) is -0.242. The first-order valence-corrected chi connectivity index (χ1v) is 12.9. The smallest absolute Gasteiger partial charge is 0.379 e. The lowest BCUT2D eigenvalue weighted by Gasteiger charge is -2.09. The molecule has 3 aromatic carbocycles. The Morgan fingerprint density at radius 3 is 2.58 bits per heavy atom. The van der Waals surface area contributed by atoms with Gasteiger partial charge in [-0.05, 0) is 51.8 Å². The largest absolute Gasteiger partial charge is 0.495 e. The molecule has 1 amide bonds. The van der Waals surface area contributed by atoms with Gasteiger partial charge < -0.3 is 18.9 Å². The summed E-state index contributed by atoms with van der Waals surface area (Å²) in [5, 5.41) is 4.99. The lowest BCUT2D eigenvalue weighted by atomic mass is 10.0. The normalized spacial score (nSPS) is 11.1. The molecule has 0 aliphatic carbocycles. The van der Waals surface area contributed by atoms with E-state index < -0.39 is 11.9 Å². The quantitative estimate of drug-likeness (QED) is 0.0871. The van der Waals surface area contributed by atoms with Crippen LogP contribution >= 0.6 is 31.9 Å². The molecule has 5 aromatic rings. The van der Waals surface area contributed by atoms with E-state index in [4.69, 9.17) is 13.9 Å². The first-order chi connectivity index (χ1) is 18.5. The lowest BCUT2D eigenvalue weighted by molar-refractivity contribution is 0.0699. The number of aromatic nitrogens is 1. The molecule has 2 heterocycles. The summed E-state index contributed by atoms with van der Waals surface area (Å²) in [7, 11) is 1.58. The summed E-state index contributed by atoms with van der Waals surface area (Å²) in [6, 6.07) is 21.7. The van der Waals surface area contributed by atoms with Crippen LogP contribution in [0.4, 0.5) is 0 Å². The van der Waals surface area contributed by atoms with E-state index in [2.05, 4.69) is 47.4 Å². The van der Waals surface area contributed by atoms with Gasteiger partial charge in [0.2, 0.25) is 5.76 Å². The minimum atomic E-state index is -0.670. The van der Waals surface area contributed by atoms with Crippen molar-refractivity contribution in [1.82, 2.24) is 10.4 Å². The molecule has 8 nitrogen and oxygen atoms in total. The van der Waals surface area contributed by atoms with Crippen LogP contribution in [0.15, 0.2) is 97.5 Å². The van der Waals surface area contributed by atoms with E-state index in [0.29, 0.717) is 31.5 Å². The van der Waals surface area contributed by atoms with Crippen molar-refractivity contribution in [2.24, 2.45) is 5.10 Å². The summed E-state index contributed by atoms with van der Waals surface area (Å²) in [6.45, 7) is 0. The van der Waals surface area contributed by atoms with Gasteiger partial charge in [-0.25, -0.2) is 10.2 Å². The average Bonchev–Trinajstić information content (AvgIpc) is 3.59. The van der Waals surface area contributed by atoms with Crippen LogP contribution in [0.5, 0.6) is 11.5 Å². The Bertz CT molecular complexity index is 1660. The number of halogens is 2. The maximum Gasteiger partial charge on any atom is 0.379 e. The molecular formula is C28H19Br2N3O5. The number of furan rings is 1. The fraction of sp³-hybridized carbons (Fsp3) is 0.0357. The van der Waals surface area contributed by atoms with Gasteiger partial charge in [-0.1, -0.05) is 58.4 Å². The number of fused-ring (bicyclic) bond motifs is 1. The number of nitrogens with zero attached hydrogens (tertiary/aromatic N) is 1. The number of hydrogen-bond donors (Lipinski definition) is 2. The molecule has 0 unspecified atom stereocenters. The van der Waals surface area contributed by atoms with E-state index in [9.17, 15) is 9.59 Å². The Balaban J connectivity index is 1.46. The molecule has 38 heavy (non-hydrogen) atoms. The third kappa shape index (κ3) is 5.13. The number of nitrogens with one attached hydrogen (secondary N) is 2. The van der Waals surface area contributed by atoms with Crippen molar-refractivity contribution >= 4 is 60.9 Å². The van der Waals surface area contributed by atoms with Crippen LogP contribution in [0, 0.1) is 0 Å². The first-order valence-electron chi connectivity index (χ1n) is 11.3. The van der Waals surface area contributed by atoms with E-state index in [1.165, 1.54) is 18.5 Å². The molecule has 0 aliphatic rings. The highest BCUT2D eigenvalue weighted by molar-refractivity contribution is 9.11. The Kier molecular flexibility index (Phi) is 7.43. The zero-order valence-corrected chi connectivity index (χ0v) is 23.0. The van der Waals surface area contributed by atoms with E-state index in [-0.39, 0.29) is 11.5 Å². The number of esters is 1. The monoisotopic (exact) mass is 635 g/mol. The highest BCUT2D eigenvalue weighted by atomic mass is 79.9. The van der Waals surface area contributed by atoms with Gasteiger partial charge in [0.15, 0.2) is 5.75 Å². The van der Waals surface area contributed by atoms with Gasteiger partial charge in [0.1, 0.15) is 11.4 Å². The van der Waals surface area contributed by atoms with Crippen molar-refractivity contribution in [3.63, 3.8) is 0 Å². The number of benzene rings is 3. The molecule has 0 aliphatic heterocycles. The number of carbonyl (C=O) groups excluding carboxylic acids is 2. The second-order valence-corrected chi connectivity index (χ2v) is 9.77.